The van der Waals surface area contributed by atoms with Crippen molar-refractivity contribution in [1.29, 1.82) is 0 Å². The van der Waals surface area contributed by atoms with Crippen molar-refractivity contribution in [3.63, 3.8) is 0 Å². The first-order valence-electron chi connectivity index (χ1n) is 8.04. The maximum absolute atomic E-state index is 13.1. The lowest BCUT2D eigenvalue weighted by Gasteiger charge is -2.23. The fourth-order valence-corrected chi connectivity index (χ4v) is 3.57. The van der Waals surface area contributed by atoms with Gasteiger partial charge in [-0.1, -0.05) is 28.1 Å². The van der Waals surface area contributed by atoms with Crippen molar-refractivity contribution in [1.82, 2.24) is 20.4 Å². The highest BCUT2D eigenvalue weighted by atomic mass is 79.9. The van der Waals surface area contributed by atoms with E-state index < -0.39 is 0 Å². The van der Waals surface area contributed by atoms with Crippen LogP contribution in [0.3, 0.4) is 0 Å². The lowest BCUT2D eigenvalue weighted by molar-refractivity contribution is 0.0722. The fourth-order valence-electron chi connectivity index (χ4n) is 3.12. The van der Waals surface area contributed by atoms with Crippen LogP contribution in [0.1, 0.15) is 40.2 Å². The predicted molar refractivity (Wildman–Crippen MR) is 98.3 cm³/mol. The molecule has 2 aliphatic rings. The van der Waals surface area contributed by atoms with E-state index >= 15 is 0 Å². The van der Waals surface area contributed by atoms with Crippen LogP contribution in [0.2, 0.25) is 0 Å². The van der Waals surface area contributed by atoms with E-state index in [2.05, 4.69) is 43.6 Å². The highest BCUT2D eigenvalue weighted by Gasteiger charge is 2.35. The molecule has 1 aliphatic heterocycles. The molecule has 24 heavy (non-hydrogen) atoms. The zero-order valence-electron chi connectivity index (χ0n) is 13.2. The lowest BCUT2D eigenvalue weighted by atomic mass is 10.1. The van der Waals surface area contributed by atoms with Crippen molar-refractivity contribution < 1.29 is 4.79 Å². The molecule has 0 spiro atoms. The number of benzene rings is 1. The lowest BCUT2D eigenvalue weighted by Crippen LogP contribution is -2.34. The highest BCUT2D eigenvalue weighted by molar-refractivity contribution is 9.10. The molecule has 1 aromatic heterocycles. The zero-order valence-corrected chi connectivity index (χ0v) is 15.6. The van der Waals surface area contributed by atoms with Crippen LogP contribution in [0.25, 0.3) is 0 Å². The minimum absolute atomic E-state index is 0. The second-order valence-electron chi connectivity index (χ2n) is 6.25. The van der Waals surface area contributed by atoms with E-state index in [1.54, 1.807) is 0 Å². The number of amides is 1. The second kappa shape index (κ2) is 7.25. The summed E-state index contributed by atoms with van der Waals surface area (Å²) in [4.78, 5) is 15.0. The van der Waals surface area contributed by atoms with Crippen LogP contribution in [-0.2, 0) is 19.5 Å². The molecular formula is C17H20BrClN4O. The van der Waals surface area contributed by atoms with Crippen molar-refractivity contribution in [2.75, 3.05) is 6.54 Å². The molecule has 1 fully saturated rings. The molecule has 128 valence electrons. The SMILES string of the molecule is Cl.O=C(c1n[nH]c2c1CNCC2)N(Cc1cccc(Br)c1)C1CC1. The summed E-state index contributed by atoms with van der Waals surface area (Å²) in [5.74, 6) is 0.0497. The van der Waals surface area contributed by atoms with Gasteiger partial charge in [-0.2, -0.15) is 5.10 Å². The Labute approximate surface area is 155 Å². The summed E-state index contributed by atoms with van der Waals surface area (Å²) in [6.45, 7) is 2.30. The van der Waals surface area contributed by atoms with Gasteiger partial charge in [-0.3, -0.25) is 9.89 Å². The second-order valence-corrected chi connectivity index (χ2v) is 7.17. The minimum atomic E-state index is 0. The maximum Gasteiger partial charge on any atom is 0.275 e. The first-order valence-corrected chi connectivity index (χ1v) is 8.84. The number of nitrogens with zero attached hydrogens (tertiary/aromatic N) is 2. The summed E-state index contributed by atoms with van der Waals surface area (Å²) < 4.78 is 1.04. The first-order chi connectivity index (χ1) is 11.2. The summed E-state index contributed by atoms with van der Waals surface area (Å²) in [5, 5.41) is 10.7. The molecule has 1 amide bonds. The van der Waals surface area contributed by atoms with E-state index in [1.807, 2.05) is 17.0 Å². The molecule has 0 atom stereocenters. The molecule has 1 aromatic carbocycles. The average Bonchev–Trinajstić information content (AvgIpc) is 3.31. The molecule has 0 radical (unpaired) electrons. The van der Waals surface area contributed by atoms with Gasteiger partial charge in [0.25, 0.3) is 5.91 Å². The standard InChI is InChI=1S/C17H19BrN4O.ClH/c18-12-3-1-2-11(8-12)10-22(13-4-5-13)17(23)16-14-9-19-7-6-15(14)20-21-16;/h1-3,8,13,19H,4-7,9-10H2,(H,20,21);1H. The van der Waals surface area contributed by atoms with Crippen molar-refractivity contribution in [3.8, 4) is 0 Å². The third kappa shape index (κ3) is 3.50. The van der Waals surface area contributed by atoms with Crippen molar-refractivity contribution in [2.24, 2.45) is 0 Å². The Balaban J connectivity index is 0.00000169. The molecule has 0 saturated heterocycles. The maximum atomic E-state index is 13.1. The molecule has 2 N–H and O–H groups in total. The van der Waals surface area contributed by atoms with E-state index in [0.717, 1.165) is 53.6 Å². The Bertz CT molecular complexity index is 744. The van der Waals surface area contributed by atoms with Crippen LogP contribution in [0, 0.1) is 0 Å². The molecule has 0 unspecified atom stereocenters. The fraction of sp³-hybridized carbons (Fsp3) is 0.412. The normalized spacial score (nSPS) is 16.2. The van der Waals surface area contributed by atoms with Crippen molar-refractivity contribution >= 4 is 34.2 Å². The Kier molecular flexibility index (Phi) is 5.27. The van der Waals surface area contributed by atoms with E-state index in [9.17, 15) is 4.79 Å². The number of fused-ring (bicyclic) bond motifs is 1. The summed E-state index contributed by atoms with van der Waals surface area (Å²) in [7, 11) is 0. The number of rotatable bonds is 4. The predicted octanol–water partition coefficient (Wildman–Crippen LogP) is 3.04. The summed E-state index contributed by atoms with van der Waals surface area (Å²) in [6.07, 6.45) is 3.08. The van der Waals surface area contributed by atoms with Crippen LogP contribution < -0.4 is 5.32 Å². The molecule has 1 saturated carbocycles. The monoisotopic (exact) mass is 410 g/mol. The van der Waals surface area contributed by atoms with Crippen LogP contribution in [0.15, 0.2) is 28.7 Å². The minimum Gasteiger partial charge on any atom is -0.330 e. The quantitative estimate of drug-likeness (QED) is 0.813. The van der Waals surface area contributed by atoms with Gasteiger partial charge in [-0.05, 0) is 30.5 Å². The van der Waals surface area contributed by atoms with Gasteiger partial charge in [0, 0.05) is 47.8 Å². The van der Waals surface area contributed by atoms with Gasteiger partial charge in [-0.15, -0.1) is 12.4 Å². The highest BCUT2D eigenvalue weighted by Crippen LogP contribution is 2.31. The van der Waals surface area contributed by atoms with Gasteiger partial charge < -0.3 is 10.2 Å². The number of aromatic amines is 1. The van der Waals surface area contributed by atoms with Crippen LogP contribution in [0.5, 0.6) is 0 Å². The Hall–Kier alpha value is -1.37. The third-order valence-corrected chi connectivity index (χ3v) is 4.99. The van der Waals surface area contributed by atoms with E-state index in [0.29, 0.717) is 18.3 Å². The molecule has 1 aliphatic carbocycles. The molecular weight excluding hydrogens is 392 g/mol. The summed E-state index contributed by atoms with van der Waals surface area (Å²) in [5.41, 5.74) is 3.88. The van der Waals surface area contributed by atoms with Gasteiger partial charge >= 0.3 is 0 Å². The van der Waals surface area contributed by atoms with E-state index in [-0.39, 0.29) is 18.3 Å². The summed E-state index contributed by atoms with van der Waals surface area (Å²) in [6, 6.07) is 8.50. The van der Waals surface area contributed by atoms with Crippen LogP contribution in [0.4, 0.5) is 0 Å². The number of aromatic nitrogens is 2. The van der Waals surface area contributed by atoms with Gasteiger partial charge in [0.05, 0.1) is 0 Å². The van der Waals surface area contributed by atoms with Crippen molar-refractivity contribution in [2.45, 2.75) is 38.4 Å². The van der Waals surface area contributed by atoms with Crippen LogP contribution >= 0.6 is 28.3 Å². The van der Waals surface area contributed by atoms with Gasteiger partial charge in [0.15, 0.2) is 5.69 Å². The Morgan fingerprint density at radius 3 is 2.96 bits per heavy atom. The number of nitrogens with one attached hydrogen (secondary N) is 2. The van der Waals surface area contributed by atoms with Crippen LogP contribution in [-0.4, -0.2) is 33.6 Å². The molecule has 2 aromatic rings. The van der Waals surface area contributed by atoms with Gasteiger partial charge in [0.1, 0.15) is 0 Å². The number of H-pyrrole nitrogens is 1. The third-order valence-electron chi connectivity index (χ3n) is 4.50. The smallest absolute Gasteiger partial charge is 0.275 e. The molecule has 5 nitrogen and oxygen atoms in total. The number of halogens is 2. The largest absolute Gasteiger partial charge is 0.330 e. The number of carbonyl (C=O) groups is 1. The van der Waals surface area contributed by atoms with E-state index in [1.165, 1.54) is 0 Å². The van der Waals surface area contributed by atoms with Crippen molar-refractivity contribution in [3.05, 3.63) is 51.3 Å². The first kappa shape index (κ1) is 17.5. The molecule has 4 rings (SSSR count). The summed E-state index contributed by atoms with van der Waals surface area (Å²) >= 11 is 3.50. The number of carbonyl (C=O) groups excluding carboxylic acids is 1. The Morgan fingerprint density at radius 1 is 1.38 bits per heavy atom. The van der Waals surface area contributed by atoms with Gasteiger partial charge in [0.2, 0.25) is 0 Å². The van der Waals surface area contributed by atoms with Gasteiger partial charge in [-0.25, -0.2) is 0 Å². The Morgan fingerprint density at radius 2 is 2.21 bits per heavy atom. The van der Waals surface area contributed by atoms with E-state index in [4.69, 9.17) is 0 Å². The zero-order chi connectivity index (χ0) is 15.8. The molecule has 7 heteroatoms. The topological polar surface area (TPSA) is 61.0 Å². The number of hydrogen-bond donors (Lipinski definition) is 2. The number of hydrogen-bond acceptors (Lipinski definition) is 3. The average molecular weight is 412 g/mol. The molecule has 2 heterocycles. The molecule has 0 bridgehead atoms.